The van der Waals surface area contributed by atoms with Crippen molar-refractivity contribution in [1.82, 2.24) is 15.0 Å². The van der Waals surface area contributed by atoms with Gasteiger partial charge in [-0.1, -0.05) is 54.6 Å². The van der Waals surface area contributed by atoms with E-state index >= 15 is 0 Å². The van der Waals surface area contributed by atoms with Crippen molar-refractivity contribution in [2.45, 2.75) is 0 Å². The normalized spacial score (nSPS) is 10.8. The quantitative estimate of drug-likeness (QED) is 0.289. The van der Waals surface area contributed by atoms with E-state index in [2.05, 4.69) is 25.6 Å². The Hall–Kier alpha value is -4.59. The molecule has 2 N–H and O–H groups in total. The van der Waals surface area contributed by atoms with Gasteiger partial charge in [-0.3, -0.25) is 15.1 Å². The van der Waals surface area contributed by atoms with Gasteiger partial charge in [-0.25, -0.2) is 9.97 Å². The topological polar surface area (TPSA) is 106 Å². The van der Waals surface area contributed by atoms with Crippen molar-refractivity contribution in [2.75, 3.05) is 10.6 Å². The van der Waals surface area contributed by atoms with Crippen LogP contribution in [0.1, 0.15) is 0 Å². The molecule has 0 spiro atoms. The molecule has 3 aromatic carbocycles. The average Bonchev–Trinajstić information content (AvgIpc) is 2.79. The summed E-state index contributed by atoms with van der Waals surface area (Å²) in [6.07, 6.45) is 2.97. The van der Waals surface area contributed by atoms with E-state index in [0.29, 0.717) is 11.2 Å². The molecule has 0 atom stereocenters. The highest BCUT2D eigenvalue weighted by Crippen LogP contribution is 2.35. The Morgan fingerprint density at radius 3 is 2.16 bits per heavy atom. The lowest BCUT2D eigenvalue weighted by molar-refractivity contribution is -0.383. The molecular weight excluding hydrogens is 392 g/mol. The van der Waals surface area contributed by atoms with Crippen LogP contribution in [-0.2, 0) is 0 Å². The molecule has 0 aliphatic rings. The summed E-state index contributed by atoms with van der Waals surface area (Å²) in [4.78, 5) is 24.2. The van der Waals surface area contributed by atoms with Gasteiger partial charge in [0, 0.05) is 22.7 Å². The summed E-state index contributed by atoms with van der Waals surface area (Å²) in [5.41, 5.74) is 1.79. The fraction of sp³-hybridized carbons (Fsp3) is 0. The first-order valence-corrected chi connectivity index (χ1v) is 9.55. The third-order valence-corrected chi connectivity index (χ3v) is 4.93. The molecule has 0 unspecified atom stereocenters. The lowest BCUT2D eigenvalue weighted by Gasteiger charge is -2.12. The molecule has 5 rings (SSSR count). The highest BCUT2D eigenvalue weighted by atomic mass is 16.6. The molecular formula is C23H16N6O2. The first-order chi connectivity index (χ1) is 15.2. The van der Waals surface area contributed by atoms with Crippen LogP contribution in [0.3, 0.4) is 0 Å². The largest absolute Gasteiger partial charge is 0.353 e. The van der Waals surface area contributed by atoms with Crippen LogP contribution in [0.25, 0.3) is 21.7 Å². The van der Waals surface area contributed by atoms with Gasteiger partial charge in [-0.15, -0.1) is 0 Å². The van der Waals surface area contributed by atoms with Crippen molar-refractivity contribution >= 4 is 50.4 Å². The SMILES string of the molecule is O=[N+]([O-])c1c(Nc2cccc3ccccc23)ncnc1Nc1cccc2cccnc12. The summed E-state index contributed by atoms with van der Waals surface area (Å²) in [7, 11) is 0. The molecule has 0 saturated heterocycles. The number of para-hydroxylation sites is 1. The first-order valence-electron chi connectivity index (χ1n) is 9.55. The number of hydrogen-bond donors (Lipinski definition) is 2. The minimum Gasteiger partial charge on any atom is -0.334 e. The number of aromatic nitrogens is 3. The highest BCUT2D eigenvalue weighted by Gasteiger charge is 2.24. The van der Waals surface area contributed by atoms with Gasteiger partial charge in [-0.2, -0.15) is 0 Å². The molecule has 0 radical (unpaired) electrons. The second kappa shape index (κ2) is 7.68. The van der Waals surface area contributed by atoms with Crippen LogP contribution in [0.4, 0.5) is 28.7 Å². The lowest BCUT2D eigenvalue weighted by atomic mass is 10.1. The van der Waals surface area contributed by atoms with Crippen molar-refractivity contribution in [2.24, 2.45) is 0 Å². The summed E-state index contributed by atoms with van der Waals surface area (Å²) in [6.45, 7) is 0. The van der Waals surface area contributed by atoms with Crippen molar-refractivity contribution in [3.63, 3.8) is 0 Å². The molecule has 0 aliphatic carbocycles. The van der Waals surface area contributed by atoms with Gasteiger partial charge in [0.15, 0.2) is 0 Å². The summed E-state index contributed by atoms with van der Waals surface area (Å²) in [5.74, 6) is 0.188. The molecule has 0 amide bonds. The van der Waals surface area contributed by atoms with Gasteiger partial charge in [0.2, 0.25) is 11.6 Å². The molecule has 0 saturated carbocycles. The molecule has 2 heterocycles. The average molecular weight is 408 g/mol. The van der Waals surface area contributed by atoms with Crippen molar-refractivity contribution in [1.29, 1.82) is 0 Å². The summed E-state index contributed by atoms with van der Waals surface area (Å²) in [5, 5.41) is 21.0. The standard InChI is InChI=1S/C23H16N6O2/c30-29(31)21-22(27-18-11-3-7-15-6-1-2-10-17(15)18)25-14-26-23(21)28-19-12-4-8-16-9-5-13-24-20(16)19/h1-14H,(H2,25,26,27,28). The van der Waals surface area contributed by atoms with Crippen LogP contribution in [-0.4, -0.2) is 19.9 Å². The summed E-state index contributed by atoms with van der Waals surface area (Å²) in [6, 6.07) is 22.9. The highest BCUT2D eigenvalue weighted by molar-refractivity contribution is 5.97. The Morgan fingerprint density at radius 1 is 0.710 bits per heavy atom. The van der Waals surface area contributed by atoms with E-state index in [0.717, 1.165) is 21.8 Å². The molecule has 2 aromatic heterocycles. The van der Waals surface area contributed by atoms with E-state index in [4.69, 9.17) is 0 Å². The van der Waals surface area contributed by atoms with Crippen LogP contribution < -0.4 is 10.6 Å². The van der Waals surface area contributed by atoms with E-state index in [-0.39, 0.29) is 17.3 Å². The lowest BCUT2D eigenvalue weighted by Crippen LogP contribution is -2.06. The number of benzene rings is 3. The van der Waals surface area contributed by atoms with Gasteiger partial charge in [0.05, 0.1) is 16.1 Å². The first kappa shape index (κ1) is 18.4. The second-order valence-electron chi connectivity index (χ2n) is 6.83. The minimum atomic E-state index is -0.492. The number of rotatable bonds is 5. The zero-order valence-electron chi connectivity index (χ0n) is 16.2. The van der Waals surface area contributed by atoms with Gasteiger partial charge in [0.1, 0.15) is 6.33 Å². The van der Waals surface area contributed by atoms with Crippen LogP contribution in [0.15, 0.2) is 85.3 Å². The third kappa shape index (κ3) is 3.46. The Bertz CT molecular complexity index is 1330. The number of hydrogen-bond acceptors (Lipinski definition) is 7. The molecule has 31 heavy (non-hydrogen) atoms. The summed E-state index contributed by atoms with van der Waals surface area (Å²) >= 11 is 0. The zero-order valence-corrected chi connectivity index (χ0v) is 16.2. The monoisotopic (exact) mass is 408 g/mol. The maximum atomic E-state index is 12.0. The van der Waals surface area contributed by atoms with E-state index in [1.54, 1.807) is 12.3 Å². The Balaban J connectivity index is 1.59. The van der Waals surface area contributed by atoms with Gasteiger partial charge >= 0.3 is 5.69 Å². The molecule has 150 valence electrons. The van der Waals surface area contributed by atoms with Gasteiger partial charge in [-0.05, 0) is 23.6 Å². The number of nitro groups is 1. The Labute approximate surface area is 176 Å². The number of anilines is 4. The second-order valence-corrected chi connectivity index (χ2v) is 6.83. The predicted octanol–water partition coefficient (Wildman–Crippen LogP) is 5.57. The van der Waals surface area contributed by atoms with Crippen LogP contribution >= 0.6 is 0 Å². The maximum absolute atomic E-state index is 12.0. The smallest absolute Gasteiger partial charge is 0.334 e. The molecule has 0 fully saturated rings. The van der Waals surface area contributed by atoms with E-state index < -0.39 is 4.92 Å². The Kier molecular flexibility index (Phi) is 4.57. The van der Waals surface area contributed by atoms with Crippen molar-refractivity contribution in [3.8, 4) is 0 Å². The third-order valence-electron chi connectivity index (χ3n) is 4.93. The van der Waals surface area contributed by atoms with Crippen molar-refractivity contribution in [3.05, 3.63) is 95.4 Å². The number of pyridine rings is 1. The predicted molar refractivity (Wildman–Crippen MR) is 121 cm³/mol. The molecule has 0 bridgehead atoms. The van der Waals surface area contributed by atoms with E-state index in [1.807, 2.05) is 66.7 Å². The van der Waals surface area contributed by atoms with E-state index in [9.17, 15) is 10.1 Å². The molecule has 8 heteroatoms. The minimum absolute atomic E-state index is 0.0842. The number of nitrogens with one attached hydrogen (secondary N) is 2. The zero-order chi connectivity index (χ0) is 21.2. The summed E-state index contributed by atoms with van der Waals surface area (Å²) < 4.78 is 0. The maximum Gasteiger partial charge on any atom is 0.353 e. The number of fused-ring (bicyclic) bond motifs is 2. The number of nitrogens with zero attached hydrogens (tertiary/aromatic N) is 4. The van der Waals surface area contributed by atoms with Crippen LogP contribution in [0.5, 0.6) is 0 Å². The van der Waals surface area contributed by atoms with Crippen molar-refractivity contribution < 1.29 is 4.92 Å². The Morgan fingerprint density at radius 2 is 1.35 bits per heavy atom. The molecule has 8 nitrogen and oxygen atoms in total. The fourth-order valence-electron chi connectivity index (χ4n) is 3.53. The molecule has 5 aromatic rings. The van der Waals surface area contributed by atoms with Crippen LogP contribution in [0, 0.1) is 10.1 Å². The van der Waals surface area contributed by atoms with Gasteiger partial charge in [0.25, 0.3) is 0 Å². The fourth-order valence-corrected chi connectivity index (χ4v) is 3.53. The van der Waals surface area contributed by atoms with Gasteiger partial charge < -0.3 is 10.6 Å². The van der Waals surface area contributed by atoms with E-state index in [1.165, 1.54) is 6.33 Å². The molecule has 0 aliphatic heterocycles. The van der Waals surface area contributed by atoms with Crippen LogP contribution in [0.2, 0.25) is 0 Å².